The third-order valence-corrected chi connectivity index (χ3v) is 3.99. The maximum Gasteiger partial charge on any atom is 0.121 e. The van der Waals surface area contributed by atoms with Gasteiger partial charge in [-0.1, -0.05) is 30.3 Å². The summed E-state index contributed by atoms with van der Waals surface area (Å²) >= 11 is 0. The van der Waals surface area contributed by atoms with Crippen LogP contribution in [0.4, 0.5) is 0 Å². The summed E-state index contributed by atoms with van der Waals surface area (Å²) in [7, 11) is 0. The Kier molecular flexibility index (Phi) is 2.67. The van der Waals surface area contributed by atoms with Gasteiger partial charge in [0.15, 0.2) is 0 Å². The van der Waals surface area contributed by atoms with Crippen molar-refractivity contribution in [2.24, 2.45) is 5.92 Å². The molecule has 1 aliphatic carbocycles. The first-order valence-corrected chi connectivity index (χ1v) is 6.08. The van der Waals surface area contributed by atoms with Crippen LogP contribution in [0, 0.1) is 5.92 Å². The smallest absolute Gasteiger partial charge is 0.121 e. The Morgan fingerprint density at radius 2 is 1.88 bits per heavy atom. The van der Waals surface area contributed by atoms with Crippen LogP contribution in [0.15, 0.2) is 30.3 Å². The number of aliphatic hydroxyl groups excluding tert-OH is 1. The van der Waals surface area contributed by atoms with Crippen LogP contribution >= 0.6 is 0 Å². The van der Waals surface area contributed by atoms with Gasteiger partial charge in [0.05, 0.1) is 0 Å². The highest BCUT2D eigenvalue weighted by atomic mass is 16.3. The molecule has 0 spiro atoms. The van der Waals surface area contributed by atoms with Gasteiger partial charge >= 0.3 is 0 Å². The second-order valence-corrected chi connectivity index (χ2v) is 4.92. The average molecular weight is 218 g/mol. The predicted octanol–water partition coefficient (Wildman–Crippen LogP) is 1.37. The van der Waals surface area contributed by atoms with Crippen molar-refractivity contribution in [2.75, 3.05) is 0 Å². The summed E-state index contributed by atoms with van der Waals surface area (Å²) in [4.78, 5) is 0. The van der Waals surface area contributed by atoms with E-state index < -0.39 is 0 Å². The van der Waals surface area contributed by atoms with E-state index in [1.807, 2.05) is 0 Å². The normalized spacial score (nSPS) is 38.3. The first-order chi connectivity index (χ1) is 7.84. The van der Waals surface area contributed by atoms with Gasteiger partial charge in [-0.05, 0) is 30.7 Å². The van der Waals surface area contributed by atoms with Crippen molar-refractivity contribution in [1.82, 2.24) is 10.9 Å². The van der Waals surface area contributed by atoms with Crippen molar-refractivity contribution in [1.29, 1.82) is 0 Å². The fraction of sp³-hybridized carbons (Fsp3) is 0.538. The van der Waals surface area contributed by atoms with Gasteiger partial charge in [0.1, 0.15) is 6.23 Å². The lowest BCUT2D eigenvalue weighted by molar-refractivity contribution is 0.0888. The van der Waals surface area contributed by atoms with Gasteiger partial charge in [0.25, 0.3) is 0 Å². The van der Waals surface area contributed by atoms with Crippen LogP contribution in [-0.2, 0) is 0 Å². The number of hydrogen-bond donors (Lipinski definition) is 3. The minimum atomic E-state index is -0.378. The topological polar surface area (TPSA) is 44.3 Å². The summed E-state index contributed by atoms with van der Waals surface area (Å²) in [5.74, 6) is 0.970. The second kappa shape index (κ2) is 4.17. The number of fused-ring (bicyclic) bond motifs is 1. The fourth-order valence-electron chi connectivity index (χ4n) is 3.06. The quantitative estimate of drug-likeness (QED) is 0.667. The molecule has 16 heavy (non-hydrogen) atoms. The third kappa shape index (κ3) is 1.75. The maximum absolute atomic E-state index is 9.82. The molecule has 1 saturated carbocycles. The van der Waals surface area contributed by atoms with Crippen LogP contribution in [0.25, 0.3) is 0 Å². The van der Waals surface area contributed by atoms with Crippen LogP contribution in [0.2, 0.25) is 0 Å². The van der Waals surface area contributed by atoms with E-state index in [9.17, 15) is 5.11 Å². The molecule has 0 aromatic heterocycles. The van der Waals surface area contributed by atoms with Crippen molar-refractivity contribution in [3.63, 3.8) is 0 Å². The Bertz CT molecular complexity index is 354. The Balaban J connectivity index is 1.75. The minimum absolute atomic E-state index is 0.360. The van der Waals surface area contributed by atoms with Crippen molar-refractivity contribution < 1.29 is 5.11 Å². The number of nitrogens with one attached hydrogen (secondary N) is 2. The van der Waals surface area contributed by atoms with Crippen molar-refractivity contribution in [2.45, 2.75) is 37.5 Å². The molecule has 2 aliphatic rings. The maximum atomic E-state index is 9.82. The Labute approximate surface area is 95.8 Å². The number of benzene rings is 1. The zero-order chi connectivity index (χ0) is 11.0. The summed E-state index contributed by atoms with van der Waals surface area (Å²) in [6, 6.07) is 11.1. The molecule has 1 aliphatic heterocycles. The first-order valence-electron chi connectivity index (χ1n) is 6.08. The highest BCUT2D eigenvalue weighted by molar-refractivity contribution is 5.20. The van der Waals surface area contributed by atoms with E-state index in [0.29, 0.717) is 17.9 Å². The van der Waals surface area contributed by atoms with Crippen molar-refractivity contribution >= 4 is 0 Å². The van der Waals surface area contributed by atoms with E-state index in [4.69, 9.17) is 0 Å². The van der Waals surface area contributed by atoms with E-state index in [2.05, 4.69) is 41.2 Å². The lowest BCUT2D eigenvalue weighted by Gasteiger charge is -2.32. The van der Waals surface area contributed by atoms with Crippen LogP contribution in [0.1, 0.15) is 30.7 Å². The van der Waals surface area contributed by atoms with Gasteiger partial charge in [-0.2, -0.15) is 0 Å². The van der Waals surface area contributed by atoms with Gasteiger partial charge in [0, 0.05) is 12.0 Å². The Morgan fingerprint density at radius 1 is 1.06 bits per heavy atom. The number of rotatable bonds is 1. The van der Waals surface area contributed by atoms with Crippen LogP contribution in [-0.4, -0.2) is 17.4 Å². The van der Waals surface area contributed by atoms with Crippen molar-refractivity contribution in [3.05, 3.63) is 35.9 Å². The molecule has 3 heteroatoms. The molecule has 1 saturated heterocycles. The number of hydrogen-bond acceptors (Lipinski definition) is 3. The minimum Gasteiger partial charge on any atom is -0.377 e. The molecule has 0 bridgehead atoms. The molecule has 3 rings (SSSR count). The van der Waals surface area contributed by atoms with Gasteiger partial charge in [-0.15, -0.1) is 0 Å². The lowest BCUT2D eigenvalue weighted by atomic mass is 9.75. The monoisotopic (exact) mass is 218 g/mol. The zero-order valence-electron chi connectivity index (χ0n) is 9.26. The van der Waals surface area contributed by atoms with Gasteiger partial charge in [-0.3, -0.25) is 5.43 Å². The Morgan fingerprint density at radius 3 is 2.69 bits per heavy atom. The summed E-state index contributed by atoms with van der Waals surface area (Å²) in [5, 5.41) is 9.82. The molecule has 1 aromatic carbocycles. The van der Waals surface area contributed by atoms with Gasteiger partial charge < -0.3 is 5.11 Å². The summed E-state index contributed by atoms with van der Waals surface area (Å²) in [6.45, 7) is 0. The van der Waals surface area contributed by atoms with E-state index >= 15 is 0 Å². The van der Waals surface area contributed by atoms with Gasteiger partial charge in [-0.25, -0.2) is 5.43 Å². The van der Waals surface area contributed by atoms with Crippen LogP contribution in [0.3, 0.4) is 0 Å². The molecule has 0 radical (unpaired) electrons. The lowest BCUT2D eigenvalue weighted by Crippen LogP contribution is -2.34. The molecule has 4 unspecified atom stereocenters. The summed E-state index contributed by atoms with van der Waals surface area (Å²) in [6.07, 6.45) is 3.06. The molecule has 86 valence electrons. The molecule has 2 fully saturated rings. The van der Waals surface area contributed by atoms with Crippen LogP contribution in [0.5, 0.6) is 0 Å². The summed E-state index contributed by atoms with van der Waals surface area (Å²) < 4.78 is 0. The number of hydrazine groups is 1. The molecular weight excluding hydrogens is 200 g/mol. The molecule has 0 amide bonds. The molecule has 1 heterocycles. The predicted molar refractivity (Wildman–Crippen MR) is 62.6 cm³/mol. The van der Waals surface area contributed by atoms with Crippen molar-refractivity contribution in [3.8, 4) is 0 Å². The highest BCUT2D eigenvalue weighted by Gasteiger charge is 2.39. The zero-order valence-corrected chi connectivity index (χ0v) is 9.26. The average Bonchev–Trinajstić information content (AvgIpc) is 2.72. The molecular formula is C13H18N2O. The molecule has 4 atom stereocenters. The largest absolute Gasteiger partial charge is 0.377 e. The van der Waals surface area contributed by atoms with Crippen LogP contribution < -0.4 is 10.9 Å². The molecule has 3 nitrogen and oxygen atoms in total. The first kappa shape index (κ1) is 10.3. The highest BCUT2D eigenvalue weighted by Crippen LogP contribution is 2.38. The van der Waals surface area contributed by atoms with E-state index in [1.165, 1.54) is 12.0 Å². The third-order valence-electron chi connectivity index (χ3n) is 3.99. The molecule has 3 N–H and O–H groups in total. The molecule has 1 aromatic rings. The Hall–Kier alpha value is -0.900. The van der Waals surface area contributed by atoms with Gasteiger partial charge in [0.2, 0.25) is 0 Å². The summed E-state index contributed by atoms with van der Waals surface area (Å²) in [5.41, 5.74) is 7.54. The van der Waals surface area contributed by atoms with E-state index in [1.54, 1.807) is 0 Å². The SMILES string of the molecule is OC1NNC2CCC(c3ccccc3)CC12. The second-order valence-electron chi connectivity index (χ2n) is 4.92. The van der Waals surface area contributed by atoms with E-state index in [0.717, 1.165) is 12.8 Å². The van der Waals surface area contributed by atoms with E-state index in [-0.39, 0.29) is 6.23 Å². The fourth-order valence-corrected chi connectivity index (χ4v) is 3.06. The standard InChI is InChI=1S/C13H18N2O/c16-13-11-8-10(6-7-12(11)14-15-13)9-4-2-1-3-5-9/h1-5,10-16H,6-8H2. The number of aliphatic hydroxyl groups is 1.